The fraction of sp³-hybridized carbons (Fsp3) is 0.188. The Morgan fingerprint density at radius 1 is 1.20 bits per heavy atom. The lowest BCUT2D eigenvalue weighted by Crippen LogP contribution is -2.21. The fourth-order valence-electron chi connectivity index (χ4n) is 2.69. The molecule has 102 valence electrons. The van der Waals surface area contributed by atoms with Gasteiger partial charge < -0.3 is 10.4 Å². The molecule has 1 heterocycles. The molecule has 1 atom stereocenters. The summed E-state index contributed by atoms with van der Waals surface area (Å²) in [5, 5.41) is 12.4. The molecule has 1 aliphatic heterocycles. The van der Waals surface area contributed by atoms with Crippen LogP contribution in [0, 0.1) is 5.82 Å². The summed E-state index contributed by atoms with van der Waals surface area (Å²) in [6.45, 7) is 0. The highest BCUT2D eigenvalue weighted by Gasteiger charge is 2.24. The Hall–Kier alpha value is -2.36. The predicted octanol–water partition coefficient (Wildman–Crippen LogP) is 3.62. The summed E-state index contributed by atoms with van der Waals surface area (Å²) in [5.74, 6) is -1.23. The van der Waals surface area contributed by atoms with E-state index in [1.165, 1.54) is 6.07 Å². The van der Waals surface area contributed by atoms with Crippen molar-refractivity contribution in [3.63, 3.8) is 0 Å². The van der Waals surface area contributed by atoms with E-state index in [-0.39, 0.29) is 17.4 Å². The second-order valence-electron chi connectivity index (χ2n) is 4.90. The van der Waals surface area contributed by atoms with Gasteiger partial charge in [-0.05, 0) is 30.5 Å². The largest absolute Gasteiger partial charge is 0.478 e. The number of fused-ring (bicyclic) bond motifs is 1. The molecule has 2 N–H and O–H groups in total. The first-order valence-electron chi connectivity index (χ1n) is 6.53. The maximum absolute atomic E-state index is 13.9. The van der Waals surface area contributed by atoms with E-state index < -0.39 is 5.97 Å². The highest BCUT2D eigenvalue weighted by molar-refractivity contribution is 5.95. The highest BCUT2D eigenvalue weighted by Crippen LogP contribution is 2.35. The molecule has 0 saturated heterocycles. The number of aryl methyl sites for hydroxylation is 1. The Balaban J connectivity index is 2.00. The lowest BCUT2D eigenvalue weighted by atomic mass is 9.91. The molecule has 0 amide bonds. The van der Waals surface area contributed by atoms with Gasteiger partial charge >= 0.3 is 5.97 Å². The van der Waals surface area contributed by atoms with Crippen LogP contribution < -0.4 is 5.32 Å². The highest BCUT2D eigenvalue weighted by atomic mass is 19.1. The van der Waals surface area contributed by atoms with E-state index in [1.54, 1.807) is 30.3 Å². The third-order valence-corrected chi connectivity index (χ3v) is 3.68. The summed E-state index contributed by atoms with van der Waals surface area (Å²) < 4.78 is 13.9. The van der Waals surface area contributed by atoms with Gasteiger partial charge in [0.05, 0.1) is 17.3 Å². The van der Waals surface area contributed by atoms with Gasteiger partial charge in [0, 0.05) is 5.56 Å². The number of anilines is 1. The Kier molecular flexibility index (Phi) is 3.14. The molecule has 3 nitrogen and oxygen atoms in total. The van der Waals surface area contributed by atoms with Crippen LogP contribution in [0.15, 0.2) is 42.5 Å². The van der Waals surface area contributed by atoms with Crippen LogP contribution in [0.1, 0.15) is 33.9 Å². The summed E-state index contributed by atoms with van der Waals surface area (Å²) in [7, 11) is 0. The van der Waals surface area contributed by atoms with Gasteiger partial charge in [-0.1, -0.05) is 30.3 Å². The number of aromatic carboxylic acids is 1. The van der Waals surface area contributed by atoms with Crippen molar-refractivity contribution in [2.45, 2.75) is 18.9 Å². The molecule has 0 bridgehead atoms. The minimum Gasteiger partial charge on any atom is -0.478 e. The number of para-hydroxylation sites is 1. The maximum Gasteiger partial charge on any atom is 0.337 e. The topological polar surface area (TPSA) is 49.3 Å². The Morgan fingerprint density at radius 3 is 2.75 bits per heavy atom. The van der Waals surface area contributed by atoms with Gasteiger partial charge in [0.25, 0.3) is 0 Å². The maximum atomic E-state index is 13.9. The number of carboxylic acids is 1. The summed E-state index contributed by atoms with van der Waals surface area (Å²) in [5.41, 5.74) is 2.40. The molecule has 20 heavy (non-hydrogen) atoms. The van der Waals surface area contributed by atoms with Crippen molar-refractivity contribution in [3.8, 4) is 0 Å². The number of hydrogen-bond donors (Lipinski definition) is 2. The average molecular weight is 271 g/mol. The first-order valence-corrected chi connectivity index (χ1v) is 6.53. The normalized spacial score (nSPS) is 17.1. The molecular weight excluding hydrogens is 257 g/mol. The van der Waals surface area contributed by atoms with E-state index >= 15 is 0 Å². The van der Waals surface area contributed by atoms with Crippen molar-refractivity contribution in [2.24, 2.45) is 0 Å². The minimum absolute atomic E-state index is 0.191. The summed E-state index contributed by atoms with van der Waals surface area (Å²) in [6.07, 6.45) is 1.49. The van der Waals surface area contributed by atoms with Crippen molar-refractivity contribution >= 4 is 11.7 Å². The zero-order valence-corrected chi connectivity index (χ0v) is 10.8. The van der Waals surface area contributed by atoms with Gasteiger partial charge in [-0.3, -0.25) is 0 Å². The standard InChI is InChI=1S/C16H14FNO2/c17-13-7-2-1-5-11(13)14-9-8-10-4-3-6-12(16(19)20)15(10)18-14/h1-7,14,18H,8-9H2,(H,19,20). The average Bonchev–Trinajstić information content (AvgIpc) is 2.46. The van der Waals surface area contributed by atoms with Gasteiger partial charge in [-0.15, -0.1) is 0 Å². The zero-order valence-electron chi connectivity index (χ0n) is 10.8. The zero-order chi connectivity index (χ0) is 14.1. The number of hydrogen-bond acceptors (Lipinski definition) is 2. The summed E-state index contributed by atoms with van der Waals surface area (Å²) in [4.78, 5) is 11.3. The van der Waals surface area contributed by atoms with Crippen molar-refractivity contribution in [3.05, 3.63) is 65.0 Å². The number of benzene rings is 2. The SMILES string of the molecule is O=C(O)c1cccc2c1NC(c1ccccc1F)CC2. The van der Waals surface area contributed by atoms with Gasteiger partial charge in [-0.2, -0.15) is 0 Å². The molecule has 2 aromatic rings. The van der Waals surface area contributed by atoms with E-state index in [2.05, 4.69) is 5.32 Å². The minimum atomic E-state index is -0.969. The van der Waals surface area contributed by atoms with Crippen molar-refractivity contribution in [1.82, 2.24) is 0 Å². The van der Waals surface area contributed by atoms with Crippen molar-refractivity contribution in [1.29, 1.82) is 0 Å². The van der Waals surface area contributed by atoms with Crippen molar-refractivity contribution < 1.29 is 14.3 Å². The predicted molar refractivity (Wildman–Crippen MR) is 74.5 cm³/mol. The molecular formula is C16H14FNO2. The second-order valence-corrected chi connectivity index (χ2v) is 4.90. The second kappa shape index (κ2) is 4.96. The first-order chi connectivity index (χ1) is 9.66. The molecule has 0 aromatic heterocycles. The molecule has 3 rings (SSSR count). The van der Waals surface area contributed by atoms with E-state index in [1.807, 2.05) is 6.07 Å². The van der Waals surface area contributed by atoms with Gasteiger partial charge in [0.15, 0.2) is 0 Å². The van der Waals surface area contributed by atoms with E-state index in [4.69, 9.17) is 0 Å². The number of rotatable bonds is 2. The Labute approximate surface area is 116 Å². The Bertz CT molecular complexity index is 669. The molecule has 0 fully saturated rings. The number of nitrogens with one attached hydrogen (secondary N) is 1. The quantitative estimate of drug-likeness (QED) is 0.877. The van der Waals surface area contributed by atoms with Gasteiger partial charge in [-0.25, -0.2) is 9.18 Å². The van der Waals surface area contributed by atoms with Crippen LogP contribution in [-0.2, 0) is 6.42 Å². The van der Waals surface area contributed by atoms with Crippen LogP contribution in [0.4, 0.5) is 10.1 Å². The number of halogens is 1. The van der Waals surface area contributed by atoms with Crippen LogP contribution >= 0.6 is 0 Å². The Morgan fingerprint density at radius 2 is 2.00 bits per heavy atom. The lowest BCUT2D eigenvalue weighted by molar-refractivity contribution is 0.0697. The molecule has 4 heteroatoms. The van der Waals surface area contributed by atoms with E-state index in [9.17, 15) is 14.3 Å². The van der Waals surface area contributed by atoms with Crippen LogP contribution in [0.5, 0.6) is 0 Å². The molecule has 2 aromatic carbocycles. The molecule has 1 unspecified atom stereocenters. The van der Waals surface area contributed by atoms with Crippen LogP contribution in [0.2, 0.25) is 0 Å². The number of carboxylic acid groups (broad SMARTS) is 1. The van der Waals surface area contributed by atoms with Crippen LogP contribution in [-0.4, -0.2) is 11.1 Å². The smallest absolute Gasteiger partial charge is 0.337 e. The molecule has 1 aliphatic rings. The third kappa shape index (κ3) is 2.13. The van der Waals surface area contributed by atoms with Crippen LogP contribution in [0.25, 0.3) is 0 Å². The monoisotopic (exact) mass is 271 g/mol. The number of carbonyl (C=O) groups is 1. The van der Waals surface area contributed by atoms with Crippen molar-refractivity contribution in [2.75, 3.05) is 5.32 Å². The first kappa shape index (κ1) is 12.7. The summed E-state index contributed by atoms with van der Waals surface area (Å²) >= 11 is 0. The summed E-state index contributed by atoms with van der Waals surface area (Å²) in [6, 6.07) is 11.6. The third-order valence-electron chi connectivity index (χ3n) is 3.68. The molecule has 0 spiro atoms. The molecule has 0 radical (unpaired) electrons. The van der Waals surface area contributed by atoms with E-state index in [0.29, 0.717) is 11.3 Å². The molecule has 0 aliphatic carbocycles. The lowest BCUT2D eigenvalue weighted by Gasteiger charge is -2.28. The fourth-order valence-corrected chi connectivity index (χ4v) is 2.69. The van der Waals surface area contributed by atoms with Gasteiger partial charge in [0.2, 0.25) is 0 Å². The molecule has 0 saturated carbocycles. The van der Waals surface area contributed by atoms with E-state index in [0.717, 1.165) is 18.4 Å². The van der Waals surface area contributed by atoms with Gasteiger partial charge in [0.1, 0.15) is 5.82 Å². The van der Waals surface area contributed by atoms with Crippen LogP contribution in [0.3, 0.4) is 0 Å².